The first-order valence-electron chi connectivity index (χ1n) is 17.4. The Hall–Kier alpha value is -7.04. The maximum Gasteiger partial charge on any atom is 0.164 e. The van der Waals surface area contributed by atoms with Gasteiger partial charge in [-0.25, -0.2) is 19.9 Å². The third kappa shape index (κ3) is 6.37. The fourth-order valence-corrected chi connectivity index (χ4v) is 6.58. The van der Waals surface area contributed by atoms with E-state index >= 15 is 0 Å². The molecule has 0 aliphatic rings. The van der Waals surface area contributed by atoms with Crippen molar-refractivity contribution < 1.29 is 0 Å². The van der Waals surface area contributed by atoms with E-state index in [2.05, 4.69) is 133 Å². The van der Waals surface area contributed by atoms with Crippen LogP contribution in [0.3, 0.4) is 0 Å². The summed E-state index contributed by atoms with van der Waals surface area (Å²) in [5, 5.41) is 2.42. The van der Waals surface area contributed by atoms with Gasteiger partial charge in [0.05, 0.1) is 11.4 Å². The first-order valence-corrected chi connectivity index (χ1v) is 17.4. The van der Waals surface area contributed by atoms with E-state index in [0.717, 1.165) is 61.5 Å². The van der Waals surface area contributed by atoms with E-state index in [9.17, 15) is 0 Å². The third-order valence-corrected chi connectivity index (χ3v) is 9.31. The molecule has 2 aromatic heterocycles. The standard InChI is InChI=1S/C48H32N4/c1-4-13-33(14-5-1)43-31-44(49-45(32-43)41-28-25-34-15-10-11-20-39(34)29-41)36-26-23-35(24-27-36)40-21-12-22-42(30-40)48-51-46(37-16-6-2-7-17-37)50-47(52-48)38-18-8-3-9-19-38/h1-32H. The van der Waals surface area contributed by atoms with Crippen LogP contribution >= 0.6 is 0 Å². The second-order valence-electron chi connectivity index (χ2n) is 12.8. The van der Waals surface area contributed by atoms with Crippen LogP contribution < -0.4 is 0 Å². The van der Waals surface area contributed by atoms with Gasteiger partial charge in [0.15, 0.2) is 17.5 Å². The summed E-state index contributed by atoms with van der Waals surface area (Å²) in [7, 11) is 0. The molecule has 0 saturated heterocycles. The quantitative estimate of drug-likeness (QED) is 0.170. The van der Waals surface area contributed by atoms with Crippen molar-refractivity contribution in [3.05, 3.63) is 194 Å². The van der Waals surface area contributed by atoms with Crippen LogP contribution in [0.25, 0.3) is 89.7 Å². The number of benzene rings is 7. The van der Waals surface area contributed by atoms with E-state index in [1.54, 1.807) is 0 Å². The van der Waals surface area contributed by atoms with Gasteiger partial charge in [-0.1, -0.05) is 170 Å². The van der Waals surface area contributed by atoms with Crippen molar-refractivity contribution in [3.8, 4) is 78.9 Å². The Kier molecular flexibility index (Phi) is 8.16. The number of hydrogen-bond acceptors (Lipinski definition) is 4. The van der Waals surface area contributed by atoms with Crippen LogP contribution in [0.2, 0.25) is 0 Å². The average molecular weight is 665 g/mol. The largest absolute Gasteiger partial charge is 0.248 e. The van der Waals surface area contributed by atoms with Crippen LogP contribution in [0.1, 0.15) is 0 Å². The van der Waals surface area contributed by atoms with E-state index in [4.69, 9.17) is 19.9 Å². The molecule has 0 aliphatic carbocycles. The molecule has 9 rings (SSSR count). The molecule has 0 amide bonds. The number of nitrogens with zero attached hydrogens (tertiary/aromatic N) is 4. The molecule has 4 heteroatoms. The lowest BCUT2D eigenvalue weighted by Crippen LogP contribution is -2.00. The Balaban J connectivity index is 1.08. The second kappa shape index (κ2) is 13.7. The van der Waals surface area contributed by atoms with Crippen LogP contribution in [0.4, 0.5) is 0 Å². The minimum atomic E-state index is 0.634. The van der Waals surface area contributed by atoms with Crippen molar-refractivity contribution in [3.63, 3.8) is 0 Å². The molecular weight excluding hydrogens is 633 g/mol. The molecule has 244 valence electrons. The lowest BCUT2D eigenvalue weighted by molar-refractivity contribution is 1.07. The summed E-state index contributed by atoms with van der Waals surface area (Å²) in [5.74, 6) is 1.93. The highest BCUT2D eigenvalue weighted by Gasteiger charge is 2.14. The summed E-state index contributed by atoms with van der Waals surface area (Å²) < 4.78 is 0. The van der Waals surface area contributed by atoms with Gasteiger partial charge in [-0.3, -0.25) is 0 Å². The number of fused-ring (bicyclic) bond motifs is 1. The van der Waals surface area contributed by atoms with Gasteiger partial charge in [-0.2, -0.15) is 0 Å². The second-order valence-corrected chi connectivity index (χ2v) is 12.8. The molecule has 0 atom stereocenters. The van der Waals surface area contributed by atoms with E-state index in [1.165, 1.54) is 10.8 Å². The summed E-state index contributed by atoms with van der Waals surface area (Å²) in [5.41, 5.74) is 11.3. The Morgan fingerprint density at radius 2 is 0.654 bits per heavy atom. The average Bonchev–Trinajstić information content (AvgIpc) is 3.24. The van der Waals surface area contributed by atoms with E-state index in [0.29, 0.717) is 17.5 Å². The highest BCUT2D eigenvalue weighted by atomic mass is 15.0. The maximum atomic E-state index is 5.21. The van der Waals surface area contributed by atoms with Crippen LogP contribution in [-0.2, 0) is 0 Å². The molecule has 2 heterocycles. The fraction of sp³-hybridized carbons (Fsp3) is 0. The lowest BCUT2D eigenvalue weighted by atomic mass is 9.97. The Bertz CT molecular complexity index is 2600. The fourth-order valence-electron chi connectivity index (χ4n) is 6.58. The SMILES string of the molecule is c1ccc(-c2cc(-c3ccc(-c4cccc(-c5nc(-c6ccccc6)nc(-c6ccccc6)n5)c4)cc3)nc(-c3ccc4ccccc4c3)c2)cc1. The zero-order valence-corrected chi connectivity index (χ0v) is 28.3. The first-order chi connectivity index (χ1) is 25.7. The normalized spacial score (nSPS) is 11.1. The zero-order chi connectivity index (χ0) is 34.7. The summed E-state index contributed by atoms with van der Waals surface area (Å²) in [6, 6.07) is 67.1. The predicted molar refractivity (Wildman–Crippen MR) is 213 cm³/mol. The summed E-state index contributed by atoms with van der Waals surface area (Å²) in [4.78, 5) is 19.9. The highest BCUT2D eigenvalue weighted by molar-refractivity contribution is 5.88. The van der Waals surface area contributed by atoms with E-state index in [-0.39, 0.29) is 0 Å². The van der Waals surface area contributed by atoms with E-state index in [1.807, 2.05) is 60.7 Å². The molecule has 0 unspecified atom stereocenters. The summed E-state index contributed by atoms with van der Waals surface area (Å²) in [6.45, 7) is 0. The predicted octanol–water partition coefficient (Wildman–Crippen LogP) is 12.1. The van der Waals surface area contributed by atoms with Crippen LogP contribution in [0.15, 0.2) is 194 Å². The smallest absolute Gasteiger partial charge is 0.164 e. The number of rotatable bonds is 7. The summed E-state index contributed by atoms with van der Waals surface area (Å²) in [6.07, 6.45) is 0. The third-order valence-electron chi connectivity index (χ3n) is 9.31. The molecule has 52 heavy (non-hydrogen) atoms. The van der Waals surface area contributed by atoms with Gasteiger partial charge in [0.25, 0.3) is 0 Å². The molecule has 0 aliphatic heterocycles. The van der Waals surface area contributed by atoms with Gasteiger partial charge in [-0.05, 0) is 57.3 Å². The van der Waals surface area contributed by atoms with Crippen molar-refractivity contribution in [2.45, 2.75) is 0 Å². The van der Waals surface area contributed by atoms with Gasteiger partial charge in [0.2, 0.25) is 0 Å². The van der Waals surface area contributed by atoms with Crippen LogP contribution in [0.5, 0.6) is 0 Å². The minimum Gasteiger partial charge on any atom is -0.248 e. The van der Waals surface area contributed by atoms with Crippen molar-refractivity contribution in [2.75, 3.05) is 0 Å². The molecule has 7 aromatic carbocycles. The topological polar surface area (TPSA) is 51.6 Å². The van der Waals surface area contributed by atoms with Crippen molar-refractivity contribution in [1.82, 2.24) is 19.9 Å². The van der Waals surface area contributed by atoms with Gasteiger partial charge >= 0.3 is 0 Å². The molecule has 4 nitrogen and oxygen atoms in total. The maximum absolute atomic E-state index is 5.21. The first kappa shape index (κ1) is 31.0. The van der Waals surface area contributed by atoms with Gasteiger partial charge < -0.3 is 0 Å². The molecule has 0 bridgehead atoms. The number of hydrogen-bond donors (Lipinski definition) is 0. The molecular formula is C48H32N4. The van der Waals surface area contributed by atoms with Crippen molar-refractivity contribution >= 4 is 10.8 Å². The molecule has 9 aromatic rings. The lowest BCUT2D eigenvalue weighted by Gasteiger charge is -2.12. The highest BCUT2D eigenvalue weighted by Crippen LogP contribution is 2.33. The Morgan fingerprint density at radius 1 is 0.212 bits per heavy atom. The molecule has 0 fully saturated rings. The van der Waals surface area contributed by atoms with Gasteiger partial charge in [0, 0.05) is 27.8 Å². The number of pyridine rings is 1. The number of aromatic nitrogens is 4. The van der Waals surface area contributed by atoms with Crippen molar-refractivity contribution in [1.29, 1.82) is 0 Å². The van der Waals surface area contributed by atoms with Crippen molar-refractivity contribution in [2.24, 2.45) is 0 Å². The zero-order valence-electron chi connectivity index (χ0n) is 28.3. The molecule has 0 N–H and O–H groups in total. The summed E-state index contributed by atoms with van der Waals surface area (Å²) >= 11 is 0. The Morgan fingerprint density at radius 3 is 1.29 bits per heavy atom. The Labute approximate surface area is 302 Å². The minimum absolute atomic E-state index is 0.634. The van der Waals surface area contributed by atoms with Gasteiger partial charge in [0.1, 0.15) is 0 Å². The van der Waals surface area contributed by atoms with E-state index < -0.39 is 0 Å². The molecule has 0 spiro atoms. The molecule has 0 saturated carbocycles. The molecule has 0 radical (unpaired) electrons. The van der Waals surface area contributed by atoms with Crippen LogP contribution in [-0.4, -0.2) is 19.9 Å². The van der Waals surface area contributed by atoms with Gasteiger partial charge in [-0.15, -0.1) is 0 Å². The monoisotopic (exact) mass is 664 g/mol. The van der Waals surface area contributed by atoms with Crippen LogP contribution in [0, 0.1) is 0 Å².